The lowest BCUT2D eigenvalue weighted by Gasteiger charge is -2.30. The summed E-state index contributed by atoms with van der Waals surface area (Å²) >= 11 is 7.32. The number of rotatable bonds is 7. The molecule has 1 N–H and O–H groups in total. The van der Waals surface area contributed by atoms with Crippen molar-refractivity contribution in [1.29, 1.82) is 0 Å². The lowest BCUT2D eigenvalue weighted by atomic mass is 9.96. The second-order valence-electron chi connectivity index (χ2n) is 4.50. The van der Waals surface area contributed by atoms with Crippen LogP contribution in [0.2, 0.25) is 0 Å². The normalized spacial score (nSPS) is 26.0. The standard InChI is InChI=1S/C11H22ClNO2S2/c1-16-11-7-3-2-6-10(11)13-17(14,15)9-5-4-8-12/h10-11,13H,2-9H2,1H3. The molecule has 2 unspecified atom stereocenters. The summed E-state index contributed by atoms with van der Waals surface area (Å²) in [5.74, 6) is 0.740. The number of unbranched alkanes of at least 4 members (excludes halogenated alkanes) is 1. The van der Waals surface area contributed by atoms with E-state index in [1.165, 1.54) is 6.42 Å². The highest BCUT2D eigenvalue weighted by molar-refractivity contribution is 7.99. The van der Waals surface area contributed by atoms with Crippen LogP contribution in [-0.4, -0.2) is 37.6 Å². The Labute approximate surface area is 114 Å². The van der Waals surface area contributed by atoms with Gasteiger partial charge in [-0.2, -0.15) is 11.8 Å². The summed E-state index contributed by atoms with van der Waals surface area (Å²) in [4.78, 5) is 0. The first kappa shape index (κ1) is 15.6. The van der Waals surface area contributed by atoms with Gasteiger partial charge in [0.2, 0.25) is 10.0 Å². The van der Waals surface area contributed by atoms with Crippen LogP contribution in [0.25, 0.3) is 0 Å². The molecular weight excluding hydrogens is 278 g/mol. The number of halogens is 1. The number of thioether (sulfide) groups is 1. The molecule has 2 atom stereocenters. The van der Waals surface area contributed by atoms with Gasteiger partial charge in [-0.1, -0.05) is 12.8 Å². The minimum Gasteiger partial charge on any atom is -0.212 e. The maximum absolute atomic E-state index is 11.9. The van der Waals surface area contributed by atoms with Crippen molar-refractivity contribution in [2.24, 2.45) is 0 Å². The predicted octanol–water partition coefficient (Wildman–Crippen LogP) is 2.60. The van der Waals surface area contributed by atoms with Crippen LogP contribution < -0.4 is 4.72 Å². The van der Waals surface area contributed by atoms with Gasteiger partial charge in [0.25, 0.3) is 0 Å². The van der Waals surface area contributed by atoms with Crippen LogP contribution in [0.4, 0.5) is 0 Å². The van der Waals surface area contributed by atoms with E-state index in [1.807, 2.05) is 0 Å². The molecule has 6 heteroatoms. The van der Waals surface area contributed by atoms with E-state index in [0.29, 0.717) is 17.6 Å². The zero-order chi connectivity index (χ0) is 12.7. The molecular formula is C11H22ClNO2S2. The van der Waals surface area contributed by atoms with E-state index in [9.17, 15) is 8.42 Å². The van der Waals surface area contributed by atoms with Gasteiger partial charge in [0.1, 0.15) is 0 Å². The molecule has 0 spiro atoms. The third-order valence-electron chi connectivity index (χ3n) is 3.13. The van der Waals surface area contributed by atoms with E-state index in [1.54, 1.807) is 11.8 Å². The Bertz CT molecular complexity index is 309. The second-order valence-corrected chi connectivity index (χ2v) is 7.83. The zero-order valence-electron chi connectivity index (χ0n) is 10.3. The van der Waals surface area contributed by atoms with Crippen LogP contribution in [0.15, 0.2) is 0 Å². The molecule has 102 valence electrons. The highest BCUT2D eigenvalue weighted by Crippen LogP contribution is 2.27. The molecule has 0 aromatic heterocycles. The Morgan fingerprint density at radius 3 is 2.65 bits per heavy atom. The Balaban J connectivity index is 2.44. The summed E-state index contributed by atoms with van der Waals surface area (Å²) in [7, 11) is -3.12. The Kier molecular flexibility index (Phi) is 7.22. The molecule has 0 bridgehead atoms. The lowest BCUT2D eigenvalue weighted by molar-refractivity contribution is 0.423. The first-order chi connectivity index (χ1) is 8.09. The summed E-state index contributed by atoms with van der Waals surface area (Å²) in [6, 6.07) is 0.125. The van der Waals surface area contributed by atoms with Gasteiger partial charge in [-0.25, -0.2) is 13.1 Å². The molecule has 0 saturated heterocycles. The van der Waals surface area contributed by atoms with Crippen LogP contribution >= 0.6 is 23.4 Å². The van der Waals surface area contributed by atoms with Crippen molar-refractivity contribution in [2.45, 2.75) is 49.8 Å². The van der Waals surface area contributed by atoms with Crippen molar-refractivity contribution in [3.63, 3.8) is 0 Å². The first-order valence-corrected chi connectivity index (χ1v) is 9.65. The molecule has 1 aliphatic rings. The Morgan fingerprint density at radius 2 is 2.00 bits per heavy atom. The monoisotopic (exact) mass is 299 g/mol. The third-order valence-corrected chi connectivity index (χ3v) is 6.06. The fraction of sp³-hybridized carbons (Fsp3) is 1.00. The van der Waals surface area contributed by atoms with E-state index >= 15 is 0 Å². The Morgan fingerprint density at radius 1 is 1.29 bits per heavy atom. The molecule has 0 amide bonds. The molecule has 1 rings (SSSR count). The van der Waals surface area contributed by atoms with Gasteiger partial charge >= 0.3 is 0 Å². The van der Waals surface area contributed by atoms with Gasteiger partial charge in [-0.15, -0.1) is 11.6 Å². The minimum atomic E-state index is -3.12. The number of hydrogen-bond acceptors (Lipinski definition) is 3. The van der Waals surface area contributed by atoms with Crippen LogP contribution in [0.5, 0.6) is 0 Å². The maximum Gasteiger partial charge on any atom is 0.211 e. The number of nitrogens with one attached hydrogen (secondary N) is 1. The van der Waals surface area contributed by atoms with Crippen LogP contribution in [0.1, 0.15) is 38.5 Å². The molecule has 0 heterocycles. The summed E-state index contributed by atoms with van der Waals surface area (Å²) in [6.07, 6.45) is 7.91. The van der Waals surface area contributed by atoms with Crippen molar-refractivity contribution in [1.82, 2.24) is 4.72 Å². The maximum atomic E-state index is 11.9. The predicted molar refractivity (Wildman–Crippen MR) is 76.4 cm³/mol. The third kappa shape index (κ3) is 5.81. The topological polar surface area (TPSA) is 46.2 Å². The molecule has 17 heavy (non-hydrogen) atoms. The van der Waals surface area contributed by atoms with E-state index in [-0.39, 0.29) is 11.8 Å². The fourth-order valence-electron chi connectivity index (χ4n) is 2.19. The Hall–Kier alpha value is 0.550. The molecule has 0 radical (unpaired) electrons. The summed E-state index contributed by atoms with van der Waals surface area (Å²) < 4.78 is 26.6. The quantitative estimate of drug-likeness (QED) is 0.580. The number of alkyl halides is 1. The van der Waals surface area contributed by atoms with Gasteiger partial charge < -0.3 is 0 Å². The van der Waals surface area contributed by atoms with Crippen molar-refractivity contribution >= 4 is 33.4 Å². The summed E-state index contributed by atoms with van der Waals surface area (Å²) in [6.45, 7) is 0. The van der Waals surface area contributed by atoms with Crippen molar-refractivity contribution < 1.29 is 8.42 Å². The lowest BCUT2D eigenvalue weighted by Crippen LogP contribution is -2.44. The summed E-state index contributed by atoms with van der Waals surface area (Å²) in [5, 5.41) is 0.437. The van der Waals surface area contributed by atoms with Crippen molar-refractivity contribution in [3.8, 4) is 0 Å². The molecule has 0 aromatic rings. The molecule has 1 saturated carbocycles. The van der Waals surface area contributed by atoms with Crippen LogP contribution in [-0.2, 0) is 10.0 Å². The average Bonchev–Trinajstić information content (AvgIpc) is 2.29. The molecule has 3 nitrogen and oxygen atoms in total. The fourth-order valence-corrected chi connectivity index (χ4v) is 4.85. The van der Waals surface area contributed by atoms with Gasteiger partial charge in [0, 0.05) is 17.2 Å². The number of hydrogen-bond donors (Lipinski definition) is 1. The summed E-state index contributed by atoms with van der Waals surface area (Å²) in [5.41, 5.74) is 0. The second kappa shape index (κ2) is 7.87. The molecule has 1 aliphatic carbocycles. The van der Waals surface area contributed by atoms with E-state index in [4.69, 9.17) is 11.6 Å². The molecule has 0 aliphatic heterocycles. The van der Waals surface area contributed by atoms with Crippen molar-refractivity contribution in [2.75, 3.05) is 17.9 Å². The van der Waals surface area contributed by atoms with Crippen LogP contribution in [0.3, 0.4) is 0 Å². The highest BCUT2D eigenvalue weighted by Gasteiger charge is 2.27. The molecule has 0 aromatic carbocycles. The van der Waals surface area contributed by atoms with E-state index < -0.39 is 10.0 Å². The van der Waals surface area contributed by atoms with Crippen molar-refractivity contribution in [3.05, 3.63) is 0 Å². The van der Waals surface area contributed by atoms with Gasteiger partial charge in [0.15, 0.2) is 0 Å². The van der Waals surface area contributed by atoms with E-state index in [0.717, 1.165) is 25.7 Å². The van der Waals surface area contributed by atoms with Gasteiger partial charge in [-0.3, -0.25) is 0 Å². The largest absolute Gasteiger partial charge is 0.212 e. The SMILES string of the molecule is CSC1CCCCC1NS(=O)(=O)CCCCCl. The molecule has 1 fully saturated rings. The van der Waals surface area contributed by atoms with Gasteiger partial charge in [-0.05, 0) is 31.9 Å². The highest BCUT2D eigenvalue weighted by atomic mass is 35.5. The van der Waals surface area contributed by atoms with E-state index in [2.05, 4.69) is 11.0 Å². The number of sulfonamides is 1. The smallest absolute Gasteiger partial charge is 0.211 e. The first-order valence-electron chi connectivity index (χ1n) is 6.18. The average molecular weight is 300 g/mol. The zero-order valence-corrected chi connectivity index (χ0v) is 12.7. The van der Waals surface area contributed by atoms with Gasteiger partial charge in [0.05, 0.1) is 5.75 Å². The van der Waals surface area contributed by atoms with Crippen LogP contribution in [0, 0.1) is 0 Å². The minimum absolute atomic E-state index is 0.125.